The van der Waals surface area contributed by atoms with Crippen molar-refractivity contribution in [3.8, 4) is 0 Å². The molecule has 0 radical (unpaired) electrons. The molecule has 3 aliphatic heterocycles. The van der Waals surface area contributed by atoms with Crippen molar-refractivity contribution in [2.45, 2.75) is 99.6 Å². The summed E-state index contributed by atoms with van der Waals surface area (Å²) in [6, 6.07) is 1.57. The normalized spacial score (nSPS) is 30.0. The zero-order valence-corrected chi connectivity index (χ0v) is 27.7. The van der Waals surface area contributed by atoms with E-state index in [2.05, 4.69) is 17.2 Å². The number of rotatable bonds is 6. The Morgan fingerprint density at radius 2 is 1.90 bits per heavy atom. The first-order valence-electron chi connectivity index (χ1n) is 16.6. The van der Waals surface area contributed by atoms with Crippen LogP contribution in [0, 0.1) is 5.92 Å². The summed E-state index contributed by atoms with van der Waals surface area (Å²) < 4.78 is 75.8. The van der Waals surface area contributed by atoms with Crippen LogP contribution in [0.5, 0.6) is 0 Å². The molecular formula is C33H40F3N5O7S. The second-order valence-corrected chi connectivity index (χ2v) is 15.4. The quantitative estimate of drug-likeness (QED) is 0.382. The number of benzene rings is 1. The molecule has 12 nitrogen and oxygen atoms in total. The summed E-state index contributed by atoms with van der Waals surface area (Å²) in [6.45, 7) is 3.55. The van der Waals surface area contributed by atoms with Gasteiger partial charge in [-0.3, -0.25) is 29.3 Å². The molecule has 16 heteroatoms. The summed E-state index contributed by atoms with van der Waals surface area (Å²) in [5, 5.41) is 4.13. The van der Waals surface area contributed by atoms with Crippen LogP contribution in [0.25, 0.3) is 6.08 Å². The number of nitrogens with zero attached hydrogens (tertiary/aromatic N) is 2. The molecule has 4 amide bonds. The SMILES string of the molecule is C=C[C@@H]1C[C@]1(NC(=O)[C@@H]1CC2CN1C(=O)[C@H](C(F)(F)F)NCCCCC/C=C/c1cccc3c1CN(C3)C(=O)O2)C(=O)NS(=O)(=O)C1CC1. The van der Waals surface area contributed by atoms with Crippen LogP contribution in [0.2, 0.25) is 0 Å². The van der Waals surface area contributed by atoms with E-state index in [9.17, 15) is 40.8 Å². The number of hydrogen-bond donors (Lipinski definition) is 3. The van der Waals surface area contributed by atoms with Crippen LogP contribution in [0.15, 0.2) is 36.9 Å². The fourth-order valence-electron chi connectivity index (χ4n) is 6.87. The van der Waals surface area contributed by atoms with E-state index in [1.807, 2.05) is 35.1 Å². The van der Waals surface area contributed by atoms with Crippen molar-refractivity contribution in [3.05, 3.63) is 53.6 Å². The first-order chi connectivity index (χ1) is 23.2. The number of carbonyl (C=O) groups excluding carboxylic acids is 4. The summed E-state index contributed by atoms with van der Waals surface area (Å²) in [7, 11) is -3.98. The largest absolute Gasteiger partial charge is 0.444 e. The Morgan fingerprint density at radius 3 is 2.59 bits per heavy atom. The molecule has 1 unspecified atom stereocenters. The van der Waals surface area contributed by atoms with Crippen LogP contribution in [0.4, 0.5) is 18.0 Å². The smallest absolute Gasteiger partial charge is 0.412 e. The predicted octanol–water partition coefficient (Wildman–Crippen LogP) is 2.89. The molecule has 266 valence electrons. The second kappa shape index (κ2) is 13.4. The number of sulfonamides is 1. The van der Waals surface area contributed by atoms with Gasteiger partial charge in [0.1, 0.15) is 17.7 Å². The van der Waals surface area contributed by atoms with E-state index in [0.717, 1.165) is 28.0 Å². The van der Waals surface area contributed by atoms with Gasteiger partial charge in [-0.2, -0.15) is 13.2 Å². The first-order valence-corrected chi connectivity index (χ1v) is 18.1. The zero-order valence-electron chi connectivity index (χ0n) is 26.8. The van der Waals surface area contributed by atoms with Crippen molar-refractivity contribution in [2.24, 2.45) is 5.92 Å². The number of alkyl halides is 3. The third-order valence-electron chi connectivity index (χ3n) is 9.91. The van der Waals surface area contributed by atoms with Crippen molar-refractivity contribution in [1.29, 1.82) is 0 Å². The average molecular weight is 708 g/mol. The standard InChI is InChI=1S/C33H40F3N5O7S/c1-2-22-16-32(22,30(44)39-49(46,47)24-12-13-24)38-28(42)26-15-23-18-41(26)29(43)27(33(34,35)36)37-14-7-5-3-4-6-9-20-10-8-11-21-17-40(19-25(20)21)31(45)48-23/h2,6,8-11,22-24,26-27,37H,1,3-5,7,12-19H2,(H,38,42)(H,39,44)/b9-6+/t22-,23?,26+,27-,32-/m1/s1. The van der Waals surface area contributed by atoms with Gasteiger partial charge in [0, 0.05) is 18.9 Å². The minimum atomic E-state index is -5.00. The molecular weight excluding hydrogens is 667 g/mol. The maximum Gasteiger partial charge on any atom is 0.412 e. The summed E-state index contributed by atoms with van der Waals surface area (Å²) in [5.41, 5.74) is 1.13. The minimum Gasteiger partial charge on any atom is -0.444 e. The highest BCUT2D eigenvalue weighted by molar-refractivity contribution is 7.91. The van der Waals surface area contributed by atoms with Crippen molar-refractivity contribution < 1.29 is 45.5 Å². The van der Waals surface area contributed by atoms with Gasteiger partial charge in [0.25, 0.3) is 5.91 Å². The Labute approximate surface area is 282 Å². The summed E-state index contributed by atoms with van der Waals surface area (Å²) >= 11 is 0. The lowest BCUT2D eigenvalue weighted by Gasteiger charge is -2.30. The van der Waals surface area contributed by atoms with Gasteiger partial charge in [-0.1, -0.05) is 42.8 Å². The Hall–Kier alpha value is -3.92. The van der Waals surface area contributed by atoms with Crippen molar-refractivity contribution in [1.82, 2.24) is 25.2 Å². The van der Waals surface area contributed by atoms with E-state index in [1.165, 1.54) is 11.0 Å². The van der Waals surface area contributed by atoms with E-state index in [-0.39, 0.29) is 32.5 Å². The third kappa shape index (κ3) is 7.35. The molecule has 4 bridgehead atoms. The molecule has 6 rings (SSSR count). The molecule has 5 aliphatic rings. The Morgan fingerprint density at radius 1 is 1.12 bits per heavy atom. The van der Waals surface area contributed by atoms with Gasteiger partial charge in [-0.05, 0) is 61.8 Å². The number of allylic oxidation sites excluding steroid dienone is 1. The molecule has 0 spiro atoms. The van der Waals surface area contributed by atoms with E-state index >= 15 is 0 Å². The summed E-state index contributed by atoms with van der Waals surface area (Å²) in [4.78, 5) is 56.3. The van der Waals surface area contributed by atoms with Crippen LogP contribution in [-0.2, 0) is 42.2 Å². The van der Waals surface area contributed by atoms with Gasteiger partial charge in [-0.25, -0.2) is 13.2 Å². The van der Waals surface area contributed by atoms with E-state index < -0.39 is 81.5 Å². The monoisotopic (exact) mass is 707 g/mol. The molecule has 1 aromatic carbocycles. The van der Waals surface area contributed by atoms with E-state index in [0.29, 0.717) is 32.1 Å². The molecule has 3 heterocycles. The molecule has 49 heavy (non-hydrogen) atoms. The number of carbonyl (C=O) groups is 4. The molecule has 3 N–H and O–H groups in total. The van der Waals surface area contributed by atoms with Crippen molar-refractivity contribution in [3.63, 3.8) is 0 Å². The minimum absolute atomic E-state index is 0.00671. The summed E-state index contributed by atoms with van der Waals surface area (Å²) in [5.74, 6) is -4.03. The maximum absolute atomic E-state index is 14.3. The number of nitrogens with one attached hydrogen (secondary N) is 3. The van der Waals surface area contributed by atoms with Gasteiger partial charge < -0.3 is 15.0 Å². The molecule has 5 atom stereocenters. The van der Waals surface area contributed by atoms with Gasteiger partial charge in [0.2, 0.25) is 21.8 Å². The third-order valence-corrected chi connectivity index (χ3v) is 11.7. The van der Waals surface area contributed by atoms with Gasteiger partial charge in [-0.15, -0.1) is 6.58 Å². The Balaban J connectivity index is 1.25. The highest BCUT2D eigenvalue weighted by Crippen LogP contribution is 2.45. The molecule has 2 aliphatic carbocycles. The van der Waals surface area contributed by atoms with Crippen molar-refractivity contribution >= 4 is 39.9 Å². The summed E-state index contributed by atoms with van der Waals surface area (Å²) in [6.07, 6.45) is 1.31. The second-order valence-electron chi connectivity index (χ2n) is 13.5. The molecule has 0 aromatic heterocycles. The van der Waals surface area contributed by atoms with Crippen LogP contribution in [0.1, 0.15) is 68.1 Å². The van der Waals surface area contributed by atoms with Crippen LogP contribution in [0.3, 0.4) is 0 Å². The van der Waals surface area contributed by atoms with Crippen LogP contribution < -0.4 is 15.4 Å². The van der Waals surface area contributed by atoms with Crippen LogP contribution >= 0.6 is 0 Å². The Kier molecular flexibility index (Phi) is 9.56. The fraction of sp³-hybridized carbons (Fsp3) is 0.576. The first kappa shape index (κ1) is 34.9. The highest BCUT2D eigenvalue weighted by atomic mass is 32.2. The number of hydrogen-bond acceptors (Lipinski definition) is 8. The maximum atomic E-state index is 14.3. The highest BCUT2D eigenvalue weighted by Gasteiger charge is 2.62. The lowest BCUT2D eigenvalue weighted by molar-refractivity contribution is -0.177. The molecule has 1 aromatic rings. The lowest BCUT2D eigenvalue weighted by Crippen LogP contribution is -2.60. The molecule has 1 saturated heterocycles. The topological polar surface area (TPSA) is 154 Å². The molecule has 2 saturated carbocycles. The average Bonchev–Trinajstić information content (AvgIpc) is 3.93. The van der Waals surface area contributed by atoms with Gasteiger partial charge >= 0.3 is 12.3 Å². The zero-order chi connectivity index (χ0) is 35.1. The molecule has 3 fully saturated rings. The Bertz CT molecular complexity index is 1660. The number of halogens is 3. The van der Waals surface area contributed by atoms with Gasteiger partial charge in [0.05, 0.1) is 18.3 Å². The predicted molar refractivity (Wildman–Crippen MR) is 171 cm³/mol. The fourth-order valence-corrected chi connectivity index (χ4v) is 8.24. The van der Waals surface area contributed by atoms with Crippen LogP contribution in [-0.4, -0.2) is 90.3 Å². The number of amides is 4. The number of ether oxygens (including phenoxy) is 1. The number of fused-ring (bicyclic) bond motifs is 3. The lowest BCUT2D eigenvalue weighted by atomic mass is 10.0. The van der Waals surface area contributed by atoms with E-state index in [1.54, 1.807) is 0 Å². The van der Waals surface area contributed by atoms with Gasteiger partial charge in [0.15, 0.2) is 6.04 Å². The van der Waals surface area contributed by atoms with Crippen molar-refractivity contribution in [2.75, 3.05) is 13.1 Å². The van der Waals surface area contributed by atoms with E-state index in [4.69, 9.17) is 4.74 Å².